The Labute approximate surface area is 178 Å². The zero-order chi connectivity index (χ0) is 20.3. The third-order valence-corrected chi connectivity index (χ3v) is 8.95. The van der Waals surface area contributed by atoms with Crippen LogP contribution in [-0.2, 0) is 21.2 Å². The van der Waals surface area contributed by atoms with E-state index >= 15 is 0 Å². The van der Waals surface area contributed by atoms with Gasteiger partial charge in [0, 0.05) is 29.5 Å². The highest BCUT2D eigenvalue weighted by Crippen LogP contribution is 2.33. The third kappa shape index (κ3) is 4.83. The molecule has 2 aromatic rings. The van der Waals surface area contributed by atoms with E-state index in [0.29, 0.717) is 29.5 Å². The molecule has 1 N–H and O–H groups in total. The smallest absolute Gasteiger partial charge is 0.252 e. The van der Waals surface area contributed by atoms with Gasteiger partial charge in [0.1, 0.15) is 9.96 Å². The molecule has 1 fully saturated rings. The van der Waals surface area contributed by atoms with E-state index < -0.39 is 10.0 Å². The van der Waals surface area contributed by atoms with Gasteiger partial charge in [0.05, 0.1) is 24.2 Å². The van der Waals surface area contributed by atoms with Crippen molar-refractivity contribution in [3.63, 3.8) is 0 Å². The van der Waals surface area contributed by atoms with Crippen molar-refractivity contribution in [2.24, 2.45) is 0 Å². The number of hydrogen-bond donors (Lipinski definition) is 1. The lowest BCUT2D eigenvalue weighted by atomic mass is 10.1. The highest BCUT2D eigenvalue weighted by Gasteiger charge is 2.28. The number of halogens is 1. The van der Waals surface area contributed by atoms with Gasteiger partial charge >= 0.3 is 0 Å². The van der Waals surface area contributed by atoms with Crippen LogP contribution in [0.1, 0.15) is 10.4 Å². The van der Waals surface area contributed by atoms with Gasteiger partial charge in [-0.2, -0.15) is 16.1 Å². The Kier molecular flexibility index (Phi) is 6.93. The van der Waals surface area contributed by atoms with Crippen LogP contribution in [0.15, 0.2) is 28.5 Å². The summed E-state index contributed by atoms with van der Waals surface area (Å²) in [6.45, 7) is 2.84. The van der Waals surface area contributed by atoms with E-state index in [-0.39, 0.29) is 16.5 Å². The number of thioether (sulfide) groups is 1. The highest BCUT2D eigenvalue weighted by atomic mass is 35.5. The number of amides is 1. The van der Waals surface area contributed by atoms with E-state index in [2.05, 4.69) is 5.32 Å². The number of anilines is 1. The summed E-state index contributed by atoms with van der Waals surface area (Å²) in [6.07, 6.45) is 0.129. The molecule has 3 rings (SSSR count). The number of carbonyl (C=O) groups is 1. The van der Waals surface area contributed by atoms with Crippen LogP contribution in [0.2, 0.25) is 5.02 Å². The molecule has 0 unspecified atom stereocenters. The first kappa shape index (κ1) is 21.4. The molecular weight excluding hydrogens is 440 g/mol. The number of nitrogens with zero attached hydrogens (tertiary/aromatic N) is 1. The molecule has 10 heteroatoms. The molecular formula is C18H21ClN2O4S3. The van der Waals surface area contributed by atoms with Gasteiger partial charge in [0.25, 0.3) is 10.0 Å². The molecule has 1 saturated heterocycles. The van der Waals surface area contributed by atoms with Crippen molar-refractivity contribution in [2.75, 3.05) is 37.0 Å². The average molecular weight is 461 g/mol. The Morgan fingerprint density at radius 1 is 1.29 bits per heavy atom. The number of methoxy groups -OCH3 is 1. The van der Waals surface area contributed by atoms with Gasteiger partial charge in [-0.1, -0.05) is 17.7 Å². The summed E-state index contributed by atoms with van der Waals surface area (Å²) in [4.78, 5) is 13.2. The number of carbonyl (C=O) groups excluding carboxylic acids is 1. The summed E-state index contributed by atoms with van der Waals surface area (Å²) in [5, 5.41) is 3.25. The first-order valence-electron chi connectivity index (χ1n) is 8.62. The lowest BCUT2D eigenvalue weighted by Gasteiger charge is -2.24. The number of aryl methyl sites for hydroxylation is 1. The van der Waals surface area contributed by atoms with Gasteiger partial charge in [-0.3, -0.25) is 4.79 Å². The van der Waals surface area contributed by atoms with E-state index in [1.165, 1.54) is 22.8 Å². The number of nitrogens with one attached hydrogen (secondary N) is 1. The molecule has 0 atom stereocenters. The molecule has 1 amide bonds. The fourth-order valence-corrected chi connectivity index (χ4v) is 7.23. The minimum absolute atomic E-state index is 0.129. The molecule has 1 aromatic carbocycles. The minimum atomic E-state index is -3.52. The van der Waals surface area contributed by atoms with Crippen molar-refractivity contribution < 1.29 is 17.9 Å². The molecule has 28 heavy (non-hydrogen) atoms. The molecule has 0 aliphatic carbocycles. The second-order valence-electron chi connectivity index (χ2n) is 6.25. The third-order valence-electron chi connectivity index (χ3n) is 4.31. The maximum Gasteiger partial charge on any atom is 0.252 e. The summed E-state index contributed by atoms with van der Waals surface area (Å²) in [5.41, 5.74) is 1.27. The summed E-state index contributed by atoms with van der Waals surface area (Å²) < 4.78 is 32.5. The van der Waals surface area contributed by atoms with Gasteiger partial charge in [0.2, 0.25) is 5.91 Å². The van der Waals surface area contributed by atoms with Crippen LogP contribution in [0.4, 0.5) is 5.69 Å². The van der Waals surface area contributed by atoms with E-state index in [0.717, 1.165) is 21.9 Å². The Bertz CT molecular complexity index is 969. The van der Waals surface area contributed by atoms with Crippen LogP contribution in [0.5, 0.6) is 5.75 Å². The molecule has 2 heterocycles. The lowest BCUT2D eigenvalue weighted by molar-refractivity contribution is -0.115. The van der Waals surface area contributed by atoms with E-state index in [1.807, 2.05) is 0 Å². The highest BCUT2D eigenvalue weighted by molar-refractivity contribution is 7.99. The van der Waals surface area contributed by atoms with Crippen molar-refractivity contribution in [3.8, 4) is 5.75 Å². The summed E-state index contributed by atoms with van der Waals surface area (Å²) >= 11 is 9.03. The van der Waals surface area contributed by atoms with Crippen molar-refractivity contribution >= 4 is 56.3 Å². The van der Waals surface area contributed by atoms with Crippen LogP contribution in [0.25, 0.3) is 0 Å². The Morgan fingerprint density at radius 3 is 2.64 bits per heavy atom. The number of rotatable bonds is 6. The van der Waals surface area contributed by atoms with Crippen molar-refractivity contribution in [1.82, 2.24) is 4.31 Å². The van der Waals surface area contributed by atoms with E-state index in [1.54, 1.807) is 43.0 Å². The summed E-state index contributed by atoms with van der Waals surface area (Å²) in [7, 11) is -1.99. The first-order chi connectivity index (χ1) is 13.3. The number of benzene rings is 1. The largest absolute Gasteiger partial charge is 0.495 e. The van der Waals surface area contributed by atoms with Gasteiger partial charge in [-0.05, 0) is 30.7 Å². The van der Waals surface area contributed by atoms with Crippen LogP contribution in [0, 0.1) is 6.92 Å². The minimum Gasteiger partial charge on any atom is -0.495 e. The normalized spacial score (nSPS) is 15.4. The van der Waals surface area contributed by atoms with Crippen molar-refractivity contribution in [1.29, 1.82) is 0 Å². The van der Waals surface area contributed by atoms with E-state index in [9.17, 15) is 13.2 Å². The predicted octanol–water partition coefficient (Wildman–Crippen LogP) is 3.64. The average Bonchev–Trinajstić information content (AvgIpc) is 3.04. The monoisotopic (exact) mass is 460 g/mol. The Hall–Kier alpha value is -1.26. The van der Waals surface area contributed by atoms with E-state index in [4.69, 9.17) is 16.3 Å². The molecule has 0 bridgehead atoms. The van der Waals surface area contributed by atoms with Gasteiger partial charge in [0.15, 0.2) is 0 Å². The van der Waals surface area contributed by atoms with Crippen LogP contribution in [0.3, 0.4) is 0 Å². The molecule has 152 valence electrons. The number of hydrogen-bond acceptors (Lipinski definition) is 6. The van der Waals surface area contributed by atoms with Crippen LogP contribution >= 0.6 is 34.7 Å². The molecule has 1 aliphatic heterocycles. The van der Waals surface area contributed by atoms with Gasteiger partial charge in [-0.25, -0.2) is 8.42 Å². The summed E-state index contributed by atoms with van der Waals surface area (Å²) in [6, 6.07) is 6.72. The van der Waals surface area contributed by atoms with Crippen LogP contribution in [-0.4, -0.2) is 50.3 Å². The number of thiophene rings is 1. The SMILES string of the molecule is COc1ccc(CC(=O)Nc2cc(S(=O)(=O)N3CCSCC3)sc2C)cc1Cl. The topological polar surface area (TPSA) is 75.7 Å². The molecule has 6 nitrogen and oxygen atoms in total. The molecule has 1 aliphatic rings. The van der Waals surface area contributed by atoms with Crippen molar-refractivity contribution in [2.45, 2.75) is 17.6 Å². The molecule has 0 spiro atoms. The maximum atomic E-state index is 12.8. The van der Waals surface area contributed by atoms with Crippen molar-refractivity contribution in [3.05, 3.63) is 39.7 Å². The summed E-state index contributed by atoms with van der Waals surface area (Å²) in [5.74, 6) is 1.92. The quantitative estimate of drug-likeness (QED) is 0.712. The number of ether oxygens (including phenoxy) is 1. The number of sulfonamides is 1. The fraction of sp³-hybridized carbons (Fsp3) is 0.389. The first-order valence-corrected chi connectivity index (χ1v) is 12.4. The Balaban J connectivity index is 1.71. The second kappa shape index (κ2) is 9.04. The standard InChI is InChI=1S/C18H21ClN2O4S3/c1-12-15(11-18(27-12)28(23,24)21-5-7-26-8-6-21)20-17(22)10-13-3-4-16(25-2)14(19)9-13/h3-4,9,11H,5-8,10H2,1-2H3,(H,20,22). The van der Waals surface area contributed by atoms with Gasteiger partial charge in [-0.15, -0.1) is 11.3 Å². The second-order valence-corrected chi connectivity index (χ2v) is 11.3. The lowest BCUT2D eigenvalue weighted by Crippen LogP contribution is -2.37. The molecule has 0 radical (unpaired) electrons. The zero-order valence-electron chi connectivity index (χ0n) is 15.5. The fourth-order valence-electron chi connectivity index (χ4n) is 2.82. The van der Waals surface area contributed by atoms with Crippen LogP contribution < -0.4 is 10.1 Å². The zero-order valence-corrected chi connectivity index (χ0v) is 18.7. The molecule has 1 aromatic heterocycles. The predicted molar refractivity (Wildman–Crippen MR) is 115 cm³/mol. The molecule has 0 saturated carbocycles. The maximum absolute atomic E-state index is 12.8. The Morgan fingerprint density at radius 2 is 2.00 bits per heavy atom. The van der Waals surface area contributed by atoms with Gasteiger partial charge < -0.3 is 10.1 Å².